The summed E-state index contributed by atoms with van der Waals surface area (Å²) in [6, 6.07) is 10.6. The molecule has 0 atom stereocenters. The molecule has 0 bridgehead atoms. The molecule has 0 aliphatic rings. The second kappa shape index (κ2) is 7.19. The van der Waals surface area contributed by atoms with Gasteiger partial charge in [0.25, 0.3) is 0 Å². The molecule has 118 valence electrons. The number of sulfonamides is 1. The Bertz CT molecular complexity index is 748. The van der Waals surface area contributed by atoms with Crippen molar-refractivity contribution in [1.29, 1.82) is 0 Å². The quantitative estimate of drug-likeness (QED) is 0.847. The minimum absolute atomic E-state index is 0.0389. The summed E-state index contributed by atoms with van der Waals surface area (Å²) in [5, 5.41) is 9.09. The van der Waals surface area contributed by atoms with E-state index in [0.717, 1.165) is 23.3 Å². The fraction of sp³-hybridized carbons (Fsp3) is 0.200. The van der Waals surface area contributed by atoms with Gasteiger partial charge in [-0.2, -0.15) is 0 Å². The summed E-state index contributed by atoms with van der Waals surface area (Å²) in [6.45, 7) is 0.103. The molecule has 0 aromatic heterocycles. The van der Waals surface area contributed by atoms with Crippen molar-refractivity contribution in [2.75, 3.05) is 6.54 Å². The highest BCUT2D eigenvalue weighted by Crippen LogP contribution is 2.18. The van der Waals surface area contributed by atoms with Crippen molar-refractivity contribution in [1.82, 2.24) is 4.72 Å². The highest BCUT2D eigenvalue weighted by molar-refractivity contribution is 7.89. The standard InChI is InChI=1S/C15H15ClFNO3S/c16-13-5-6-15(14(17)9-13)22(20,21)18-8-7-11-1-3-12(10-19)4-2-11/h1-6,9,18-19H,7-8,10H2. The second-order valence-corrected chi connectivity index (χ2v) is 6.87. The third-order valence-electron chi connectivity index (χ3n) is 3.09. The highest BCUT2D eigenvalue weighted by Gasteiger charge is 2.18. The molecule has 0 saturated heterocycles. The minimum Gasteiger partial charge on any atom is -0.392 e. The molecule has 22 heavy (non-hydrogen) atoms. The van der Waals surface area contributed by atoms with E-state index < -0.39 is 20.7 Å². The highest BCUT2D eigenvalue weighted by atomic mass is 35.5. The van der Waals surface area contributed by atoms with Crippen LogP contribution in [-0.2, 0) is 23.1 Å². The number of hydrogen-bond acceptors (Lipinski definition) is 3. The SMILES string of the molecule is O=S(=O)(NCCc1ccc(CO)cc1)c1ccc(Cl)cc1F. The largest absolute Gasteiger partial charge is 0.392 e. The Labute approximate surface area is 133 Å². The summed E-state index contributed by atoms with van der Waals surface area (Å²) in [6.07, 6.45) is 0.458. The molecule has 0 amide bonds. The van der Waals surface area contributed by atoms with Gasteiger partial charge in [-0.1, -0.05) is 35.9 Å². The van der Waals surface area contributed by atoms with E-state index in [1.165, 1.54) is 6.07 Å². The Morgan fingerprint density at radius 3 is 2.32 bits per heavy atom. The van der Waals surface area contributed by atoms with Crippen LogP contribution in [-0.4, -0.2) is 20.1 Å². The van der Waals surface area contributed by atoms with Gasteiger partial charge in [0.1, 0.15) is 10.7 Å². The van der Waals surface area contributed by atoms with Crippen LogP contribution in [0.3, 0.4) is 0 Å². The van der Waals surface area contributed by atoms with Gasteiger partial charge in [-0.15, -0.1) is 0 Å². The first-order valence-corrected chi connectivity index (χ1v) is 8.42. The molecule has 0 heterocycles. The lowest BCUT2D eigenvalue weighted by molar-refractivity contribution is 0.282. The van der Waals surface area contributed by atoms with Gasteiger partial charge in [0, 0.05) is 11.6 Å². The molecular weight excluding hydrogens is 329 g/mol. The van der Waals surface area contributed by atoms with Crippen LogP contribution in [0.25, 0.3) is 0 Å². The number of benzene rings is 2. The van der Waals surface area contributed by atoms with E-state index in [9.17, 15) is 12.8 Å². The summed E-state index contributed by atoms with van der Waals surface area (Å²) in [5.41, 5.74) is 1.70. The summed E-state index contributed by atoms with van der Waals surface area (Å²) < 4.78 is 40.1. The van der Waals surface area contributed by atoms with E-state index in [-0.39, 0.29) is 18.2 Å². The van der Waals surface area contributed by atoms with E-state index in [4.69, 9.17) is 16.7 Å². The zero-order valence-corrected chi connectivity index (χ0v) is 13.2. The summed E-state index contributed by atoms with van der Waals surface area (Å²) >= 11 is 5.60. The monoisotopic (exact) mass is 343 g/mol. The number of halogens is 2. The zero-order valence-electron chi connectivity index (χ0n) is 11.6. The van der Waals surface area contributed by atoms with Crippen molar-refractivity contribution in [2.45, 2.75) is 17.9 Å². The second-order valence-electron chi connectivity index (χ2n) is 4.70. The normalized spacial score (nSPS) is 11.6. The van der Waals surface area contributed by atoms with Crippen molar-refractivity contribution >= 4 is 21.6 Å². The fourth-order valence-corrected chi connectivity index (χ4v) is 3.16. The molecule has 0 aliphatic heterocycles. The maximum absolute atomic E-state index is 13.7. The first-order valence-electron chi connectivity index (χ1n) is 6.56. The Kier molecular flexibility index (Phi) is 5.52. The molecule has 0 spiro atoms. The predicted octanol–water partition coefficient (Wildman–Crippen LogP) is 2.49. The lowest BCUT2D eigenvalue weighted by atomic mass is 10.1. The molecule has 2 N–H and O–H groups in total. The molecule has 2 aromatic carbocycles. The molecule has 0 radical (unpaired) electrons. The molecule has 2 rings (SSSR count). The third kappa shape index (κ3) is 4.27. The van der Waals surface area contributed by atoms with E-state index >= 15 is 0 Å². The van der Waals surface area contributed by atoms with Crippen molar-refractivity contribution in [3.8, 4) is 0 Å². The van der Waals surface area contributed by atoms with E-state index in [1.807, 2.05) is 12.1 Å². The zero-order chi connectivity index (χ0) is 16.2. The fourth-order valence-electron chi connectivity index (χ4n) is 1.91. The van der Waals surface area contributed by atoms with Crippen LogP contribution in [0.4, 0.5) is 4.39 Å². The van der Waals surface area contributed by atoms with Crippen LogP contribution in [0.15, 0.2) is 47.4 Å². The van der Waals surface area contributed by atoms with Crippen molar-refractivity contribution < 1.29 is 17.9 Å². The number of hydrogen-bond donors (Lipinski definition) is 2. The van der Waals surface area contributed by atoms with Crippen LogP contribution >= 0.6 is 11.6 Å². The molecule has 0 saturated carbocycles. The van der Waals surface area contributed by atoms with E-state index in [0.29, 0.717) is 6.42 Å². The lowest BCUT2D eigenvalue weighted by Crippen LogP contribution is -2.26. The Morgan fingerprint density at radius 2 is 1.73 bits per heavy atom. The summed E-state index contributed by atoms with van der Waals surface area (Å²) in [7, 11) is -3.91. The van der Waals surface area contributed by atoms with E-state index in [1.54, 1.807) is 12.1 Å². The summed E-state index contributed by atoms with van der Waals surface area (Å²) in [5.74, 6) is -0.882. The molecule has 2 aromatic rings. The average Bonchev–Trinajstić information content (AvgIpc) is 2.47. The van der Waals surface area contributed by atoms with Crippen molar-refractivity contribution in [3.05, 3.63) is 64.4 Å². The predicted molar refractivity (Wildman–Crippen MR) is 82.7 cm³/mol. The van der Waals surface area contributed by atoms with Gasteiger partial charge in [-0.25, -0.2) is 17.5 Å². The molecule has 0 fully saturated rings. The maximum atomic E-state index is 13.7. The lowest BCUT2D eigenvalue weighted by Gasteiger charge is -2.08. The topological polar surface area (TPSA) is 66.4 Å². The van der Waals surface area contributed by atoms with Gasteiger partial charge in [0.05, 0.1) is 6.61 Å². The molecule has 0 unspecified atom stereocenters. The van der Waals surface area contributed by atoms with Crippen LogP contribution in [0.5, 0.6) is 0 Å². The third-order valence-corrected chi connectivity index (χ3v) is 4.82. The first kappa shape index (κ1) is 16.9. The Balaban J connectivity index is 2.00. The number of nitrogens with one attached hydrogen (secondary N) is 1. The van der Waals surface area contributed by atoms with Gasteiger partial charge in [0.15, 0.2) is 0 Å². The van der Waals surface area contributed by atoms with Gasteiger partial charge >= 0.3 is 0 Å². The first-order chi connectivity index (χ1) is 10.4. The van der Waals surface area contributed by atoms with Crippen molar-refractivity contribution in [2.24, 2.45) is 0 Å². The minimum atomic E-state index is -3.91. The van der Waals surface area contributed by atoms with Gasteiger partial charge in [0.2, 0.25) is 10.0 Å². The maximum Gasteiger partial charge on any atom is 0.243 e. The van der Waals surface area contributed by atoms with Gasteiger partial charge in [-0.05, 0) is 35.7 Å². The number of rotatable bonds is 6. The smallest absolute Gasteiger partial charge is 0.243 e. The van der Waals surface area contributed by atoms with Crippen LogP contribution in [0, 0.1) is 5.82 Å². The van der Waals surface area contributed by atoms with Gasteiger partial charge < -0.3 is 5.11 Å². The number of aliphatic hydroxyl groups excluding tert-OH is 1. The average molecular weight is 344 g/mol. The molecular formula is C15H15ClFNO3S. The number of aliphatic hydroxyl groups is 1. The molecule has 0 aliphatic carbocycles. The summed E-state index contributed by atoms with van der Waals surface area (Å²) in [4.78, 5) is -0.424. The Morgan fingerprint density at radius 1 is 1.09 bits per heavy atom. The Hall–Kier alpha value is -1.47. The molecule has 4 nitrogen and oxygen atoms in total. The molecule has 7 heteroatoms. The van der Waals surface area contributed by atoms with Crippen molar-refractivity contribution in [3.63, 3.8) is 0 Å². The van der Waals surface area contributed by atoms with Crippen LogP contribution in [0.2, 0.25) is 5.02 Å². The van der Waals surface area contributed by atoms with Gasteiger partial charge in [-0.3, -0.25) is 0 Å². The van der Waals surface area contributed by atoms with E-state index in [2.05, 4.69) is 4.72 Å². The van der Waals surface area contributed by atoms with Crippen LogP contribution < -0.4 is 4.72 Å². The van der Waals surface area contributed by atoms with Crippen LogP contribution in [0.1, 0.15) is 11.1 Å².